The van der Waals surface area contributed by atoms with Crippen molar-refractivity contribution < 1.29 is 13.9 Å². The molecule has 0 radical (unpaired) electrons. The number of allylic oxidation sites excluding steroid dienone is 1. The third-order valence-electron chi connectivity index (χ3n) is 3.68. The van der Waals surface area contributed by atoms with Crippen molar-refractivity contribution >= 4 is 22.8 Å². The number of benzene rings is 2. The number of para-hydroxylation sites is 1. The van der Waals surface area contributed by atoms with Gasteiger partial charge in [0.2, 0.25) is 5.78 Å². The van der Waals surface area contributed by atoms with E-state index in [4.69, 9.17) is 9.15 Å². The smallest absolute Gasteiger partial charge is 0.203 e. The van der Waals surface area contributed by atoms with E-state index in [0.29, 0.717) is 22.7 Å². The number of aryl methyl sites for hydroxylation is 1. The summed E-state index contributed by atoms with van der Waals surface area (Å²) in [7, 11) is 1.56. The van der Waals surface area contributed by atoms with Crippen LogP contribution >= 0.6 is 0 Å². The highest BCUT2D eigenvalue weighted by Gasteiger charge is 2.14. The molecule has 0 saturated carbocycles. The lowest BCUT2D eigenvalue weighted by Crippen LogP contribution is -2.01. The Labute approximate surface area is 139 Å². The normalized spacial score (nSPS) is 11.3. The van der Waals surface area contributed by atoms with Gasteiger partial charge in [-0.3, -0.25) is 4.79 Å². The molecular formula is C20H15NO3. The number of furan rings is 1. The number of carbonyl (C=O) groups excluding carboxylic acids is 1. The Morgan fingerprint density at radius 2 is 2.00 bits per heavy atom. The maximum atomic E-state index is 12.5. The van der Waals surface area contributed by atoms with Gasteiger partial charge < -0.3 is 9.15 Å². The van der Waals surface area contributed by atoms with Crippen molar-refractivity contribution in [3.05, 3.63) is 71.0 Å². The Bertz CT molecular complexity index is 990. The third-order valence-corrected chi connectivity index (χ3v) is 3.68. The van der Waals surface area contributed by atoms with E-state index in [2.05, 4.69) is 0 Å². The molecular weight excluding hydrogens is 302 g/mol. The fraction of sp³-hybridized carbons (Fsp3) is 0.100. The van der Waals surface area contributed by atoms with E-state index in [1.54, 1.807) is 37.4 Å². The lowest BCUT2D eigenvalue weighted by atomic mass is 10.0. The van der Waals surface area contributed by atoms with E-state index >= 15 is 0 Å². The zero-order valence-electron chi connectivity index (χ0n) is 13.4. The molecule has 0 aliphatic heterocycles. The molecule has 4 heteroatoms. The molecule has 0 aliphatic rings. The Hall–Kier alpha value is -3.32. The highest BCUT2D eigenvalue weighted by atomic mass is 16.5. The van der Waals surface area contributed by atoms with Crippen LogP contribution in [0.3, 0.4) is 0 Å². The number of ether oxygens (including phenoxy) is 1. The average molecular weight is 317 g/mol. The summed E-state index contributed by atoms with van der Waals surface area (Å²) in [5.41, 5.74) is 2.06. The van der Waals surface area contributed by atoms with Crippen molar-refractivity contribution in [2.45, 2.75) is 6.92 Å². The lowest BCUT2D eigenvalue weighted by molar-refractivity contribution is 0.104. The molecule has 3 rings (SSSR count). The van der Waals surface area contributed by atoms with E-state index in [1.807, 2.05) is 31.2 Å². The Morgan fingerprint density at radius 3 is 2.71 bits per heavy atom. The molecule has 0 bridgehead atoms. The van der Waals surface area contributed by atoms with Crippen molar-refractivity contribution in [3.63, 3.8) is 0 Å². The van der Waals surface area contributed by atoms with E-state index in [1.165, 1.54) is 6.08 Å². The summed E-state index contributed by atoms with van der Waals surface area (Å²) >= 11 is 0. The van der Waals surface area contributed by atoms with E-state index < -0.39 is 0 Å². The van der Waals surface area contributed by atoms with Crippen LogP contribution in [-0.2, 0) is 0 Å². The van der Waals surface area contributed by atoms with E-state index in [-0.39, 0.29) is 11.4 Å². The number of Topliss-reactive ketones (excluding diaryl/α,β-unsaturated/α-hetero) is 1. The number of methoxy groups -OCH3 is 1. The van der Waals surface area contributed by atoms with Gasteiger partial charge in [0.15, 0.2) is 11.3 Å². The van der Waals surface area contributed by atoms with Crippen LogP contribution in [0.25, 0.3) is 17.0 Å². The van der Waals surface area contributed by atoms with Crippen LogP contribution in [-0.4, -0.2) is 12.9 Å². The predicted octanol–water partition coefficient (Wildman–Crippen LogP) is 4.54. The van der Waals surface area contributed by atoms with Gasteiger partial charge in [-0.25, -0.2) is 0 Å². The van der Waals surface area contributed by atoms with Crippen molar-refractivity contribution in [1.29, 1.82) is 5.26 Å². The van der Waals surface area contributed by atoms with Gasteiger partial charge in [0.1, 0.15) is 17.4 Å². The first-order chi connectivity index (χ1) is 11.6. The zero-order valence-corrected chi connectivity index (χ0v) is 13.4. The fourth-order valence-electron chi connectivity index (χ4n) is 2.52. The predicted molar refractivity (Wildman–Crippen MR) is 91.9 cm³/mol. The van der Waals surface area contributed by atoms with Gasteiger partial charge in [0, 0.05) is 17.0 Å². The summed E-state index contributed by atoms with van der Waals surface area (Å²) in [5, 5.41) is 10.2. The minimum atomic E-state index is -0.325. The van der Waals surface area contributed by atoms with Crippen molar-refractivity contribution in [3.8, 4) is 11.8 Å². The van der Waals surface area contributed by atoms with Crippen LogP contribution in [0.1, 0.15) is 21.7 Å². The van der Waals surface area contributed by atoms with Gasteiger partial charge in [-0.2, -0.15) is 5.26 Å². The van der Waals surface area contributed by atoms with Crippen LogP contribution in [0.5, 0.6) is 5.75 Å². The van der Waals surface area contributed by atoms with E-state index in [9.17, 15) is 10.1 Å². The maximum absolute atomic E-state index is 12.5. The summed E-state index contributed by atoms with van der Waals surface area (Å²) < 4.78 is 11.0. The largest absolute Gasteiger partial charge is 0.493 e. The van der Waals surface area contributed by atoms with Crippen LogP contribution in [0.2, 0.25) is 0 Å². The number of hydrogen-bond donors (Lipinski definition) is 0. The van der Waals surface area contributed by atoms with E-state index in [0.717, 1.165) is 10.9 Å². The van der Waals surface area contributed by atoms with Crippen molar-refractivity contribution in [1.82, 2.24) is 0 Å². The lowest BCUT2D eigenvalue weighted by Gasteiger charge is -2.00. The van der Waals surface area contributed by atoms with Crippen LogP contribution < -0.4 is 4.74 Å². The Balaban J connectivity index is 2.02. The number of ketones is 1. The van der Waals surface area contributed by atoms with Crippen molar-refractivity contribution in [2.75, 3.05) is 7.11 Å². The van der Waals surface area contributed by atoms with Gasteiger partial charge in [-0.15, -0.1) is 0 Å². The molecule has 0 N–H and O–H groups in total. The molecule has 0 amide bonds. The Kier molecular flexibility index (Phi) is 4.17. The third kappa shape index (κ3) is 2.92. The molecule has 3 aromatic rings. The second kappa shape index (κ2) is 6.43. The summed E-state index contributed by atoms with van der Waals surface area (Å²) in [5.74, 6) is 0.719. The molecule has 0 aliphatic carbocycles. The number of nitrogens with zero attached hydrogens (tertiary/aromatic N) is 1. The van der Waals surface area contributed by atoms with Gasteiger partial charge >= 0.3 is 0 Å². The van der Waals surface area contributed by atoms with Crippen molar-refractivity contribution in [2.24, 2.45) is 0 Å². The topological polar surface area (TPSA) is 63.2 Å². The molecule has 0 spiro atoms. The molecule has 4 nitrogen and oxygen atoms in total. The quantitative estimate of drug-likeness (QED) is 0.402. The van der Waals surface area contributed by atoms with Crippen LogP contribution in [0.4, 0.5) is 0 Å². The first kappa shape index (κ1) is 15.6. The number of nitriles is 1. The maximum Gasteiger partial charge on any atom is 0.203 e. The summed E-state index contributed by atoms with van der Waals surface area (Å²) in [6.45, 7) is 1.90. The fourth-order valence-corrected chi connectivity index (χ4v) is 2.52. The Morgan fingerprint density at radius 1 is 1.21 bits per heavy atom. The van der Waals surface area contributed by atoms with Gasteiger partial charge in [0.25, 0.3) is 0 Å². The number of fused-ring (bicyclic) bond motifs is 1. The molecule has 0 saturated heterocycles. The average Bonchev–Trinajstić information content (AvgIpc) is 3.01. The van der Waals surface area contributed by atoms with Crippen LogP contribution in [0, 0.1) is 18.3 Å². The van der Waals surface area contributed by atoms with Gasteiger partial charge in [0.05, 0.1) is 7.11 Å². The number of carbonyl (C=O) groups is 1. The zero-order chi connectivity index (χ0) is 17.1. The second-order valence-electron chi connectivity index (χ2n) is 5.40. The van der Waals surface area contributed by atoms with Gasteiger partial charge in [-0.1, -0.05) is 35.9 Å². The molecule has 1 heterocycles. The standard InChI is InChI=1S/C20H15NO3/c1-13-5-3-6-14(9-13)19(22)16(12-21)11-17-10-15-7-4-8-18(23-2)20(15)24-17/h3-11H,1-2H3/b16-11+. The number of rotatable bonds is 4. The van der Waals surface area contributed by atoms with Gasteiger partial charge in [-0.05, 0) is 25.1 Å². The first-order valence-corrected chi connectivity index (χ1v) is 7.42. The highest BCUT2D eigenvalue weighted by Crippen LogP contribution is 2.29. The minimum absolute atomic E-state index is 0.0265. The second-order valence-corrected chi connectivity index (χ2v) is 5.40. The molecule has 0 unspecified atom stereocenters. The molecule has 2 aromatic carbocycles. The molecule has 24 heavy (non-hydrogen) atoms. The minimum Gasteiger partial charge on any atom is -0.493 e. The van der Waals surface area contributed by atoms with Crippen LogP contribution in [0.15, 0.2) is 58.5 Å². The molecule has 0 fully saturated rings. The SMILES string of the molecule is COc1cccc2cc(/C=C(\C#N)C(=O)c3cccc(C)c3)oc12. The summed E-state index contributed by atoms with van der Waals surface area (Å²) in [6, 6.07) is 16.4. The molecule has 1 aromatic heterocycles. The number of hydrogen-bond acceptors (Lipinski definition) is 4. The summed E-state index contributed by atoms with van der Waals surface area (Å²) in [4.78, 5) is 12.5. The summed E-state index contributed by atoms with van der Waals surface area (Å²) in [6.07, 6.45) is 1.46. The highest BCUT2D eigenvalue weighted by molar-refractivity contribution is 6.14. The molecule has 0 atom stereocenters. The monoisotopic (exact) mass is 317 g/mol. The first-order valence-electron chi connectivity index (χ1n) is 7.42. The molecule has 118 valence electrons.